The van der Waals surface area contributed by atoms with Crippen molar-refractivity contribution in [3.8, 4) is 0 Å². The van der Waals surface area contributed by atoms with Crippen LogP contribution >= 0.6 is 39.1 Å². The highest BCUT2D eigenvalue weighted by Crippen LogP contribution is 2.31. The summed E-state index contributed by atoms with van der Waals surface area (Å²) in [5.74, 6) is -1.24. The minimum atomic E-state index is -4.38. The lowest BCUT2D eigenvalue weighted by Gasteiger charge is -2.38. The van der Waals surface area contributed by atoms with E-state index < -0.39 is 52.8 Å². The average molecular weight is 829 g/mol. The fraction of sp³-hybridized carbons (Fsp3) is 0.400. The lowest BCUT2D eigenvalue weighted by atomic mass is 10.1. The van der Waals surface area contributed by atoms with E-state index in [4.69, 9.17) is 32.7 Å². The van der Waals surface area contributed by atoms with Gasteiger partial charge in [0, 0.05) is 47.5 Å². The summed E-state index contributed by atoms with van der Waals surface area (Å²) in [7, 11) is -4.38. The number of carbonyl (C=O) groups excluding carboxylic acids is 2. The van der Waals surface area contributed by atoms with Gasteiger partial charge in [-0.3, -0.25) is 19.4 Å². The van der Waals surface area contributed by atoms with Gasteiger partial charge in [0.2, 0.25) is 15.9 Å². The number of ether oxygens (including phenoxy) is 2. The van der Waals surface area contributed by atoms with Crippen molar-refractivity contribution in [2.75, 3.05) is 31.2 Å². The Morgan fingerprint density at radius 2 is 1.59 bits per heavy atom. The maximum atomic E-state index is 14.9. The van der Waals surface area contributed by atoms with Gasteiger partial charge in [-0.05, 0) is 81.6 Å². The Morgan fingerprint density at radius 3 is 2.14 bits per heavy atom. The number of amides is 3. The smallest absolute Gasteiger partial charge is 0.408 e. The molecular formula is C35H41BrCl2N4O8S. The van der Waals surface area contributed by atoms with Crippen molar-refractivity contribution in [1.29, 1.82) is 0 Å². The number of benzene rings is 3. The molecule has 0 radical (unpaired) electrons. The number of carbonyl (C=O) groups is 3. The molecule has 16 heteroatoms. The average Bonchev–Trinajstić information content (AvgIpc) is 3.93. The van der Waals surface area contributed by atoms with Crippen LogP contribution in [0.4, 0.5) is 10.5 Å². The Morgan fingerprint density at radius 1 is 0.961 bits per heavy atom. The van der Waals surface area contributed by atoms with E-state index in [1.165, 1.54) is 23.1 Å². The number of carboxylic acid groups (broad SMARTS) is 1. The van der Waals surface area contributed by atoms with Crippen LogP contribution in [0, 0.1) is 0 Å². The standard InChI is InChI=1S/C35H41BrCl2N4O8S/c1-4-49-32(50-5-2)22-40(27-16-17-27)33(43)23(3)42(28-14-11-25(36)12-15-28)34(44)30(41(35(45)46)21-24-9-7-6-8-10-24)20-39-51(47,48)31-18-13-26(37)19-29(31)38/h6-15,18-19,23,27,30,32,39H,4-5,16-17,20-22H2,1-3H3,(H,45,46). The van der Waals surface area contributed by atoms with Gasteiger partial charge in [0.1, 0.15) is 17.0 Å². The molecule has 0 bridgehead atoms. The lowest BCUT2D eigenvalue weighted by Crippen LogP contribution is -2.60. The molecule has 12 nitrogen and oxygen atoms in total. The zero-order valence-electron chi connectivity index (χ0n) is 28.4. The van der Waals surface area contributed by atoms with E-state index in [9.17, 15) is 27.9 Å². The van der Waals surface area contributed by atoms with Gasteiger partial charge >= 0.3 is 6.09 Å². The van der Waals surface area contributed by atoms with Crippen LogP contribution in [0.2, 0.25) is 10.0 Å². The van der Waals surface area contributed by atoms with Gasteiger partial charge in [0.25, 0.3) is 5.91 Å². The molecule has 0 heterocycles. The SMILES string of the molecule is CCOC(CN(C(=O)C(C)N(C(=O)C(CNS(=O)(=O)c1ccc(Cl)cc1Cl)N(Cc1ccccc1)C(=O)O)c1ccc(Br)cc1)C1CC1)OCC. The fourth-order valence-corrected chi connectivity index (χ4v) is 7.60. The predicted molar refractivity (Wildman–Crippen MR) is 198 cm³/mol. The number of anilines is 1. The molecular weight excluding hydrogens is 787 g/mol. The Labute approximate surface area is 316 Å². The zero-order valence-corrected chi connectivity index (χ0v) is 32.3. The molecule has 1 saturated carbocycles. The van der Waals surface area contributed by atoms with Crippen LogP contribution in [0.15, 0.2) is 82.2 Å². The molecule has 0 spiro atoms. The minimum Gasteiger partial charge on any atom is -0.465 e. The van der Waals surface area contributed by atoms with Crippen LogP contribution < -0.4 is 9.62 Å². The molecule has 1 fully saturated rings. The topological polar surface area (TPSA) is 146 Å². The van der Waals surface area contributed by atoms with Crippen molar-refractivity contribution in [2.24, 2.45) is 0 Å². The van der Waals surface area contributed by atoms with Crippen molar-refractivity contribution in [3.63, 3.8) is 0 Å². The zero-order chi connectivity index (χ0) is 37.3. The Kier molecular flexibility index (Phi) is 14.7. The summed E-state index contributed by atoms with van der Waals surface area (Å²) < 4.78 is 41.6. The van der Waals surface area contributed by atoms with E-state index >= 15 is 0 Å². The van der Waals surface area contributed by atoms with Crippen LogP contribution in [0.25, 0.3) is 0 Å². The van der Waals surface area contributed by atoms with Gasteiger partial charge in [-0.15, -0.1) is 0 Å². The van der Waals surface area contributed by atoms with Crippen molar-refractivity contribution >= 4 is 72.8 Å². The van der Waals surface area contributed by atoms with Crippen molar-refractivity contribution in [1.82, 2.24) is 14.5 Å². The molecule has 1 aliphatic rings. The second-order valence-corrected chi connectivity index (χ2v) is 15.3. The number of hydrogen-bond acceptors (Lipinski definition) is 7. The number of nitrogens with one attached hydrogen (secondary N) is 1. The van der Waals surface area contributed by atoms with Crippen LogP contribution in [0.3, 0.4) is 0 Å². The molecule has 4 rings (SSSR count). The highest BCUT2D eigenvalue weighted by Gasteiger charge is 2.42. The van der Waals surface area contributed by atoms with Crippen LogP contribution in [0.5, 0.6) is 0 Å². The van der Waals surface area contributed by atoms with E-state index in [1.807, 2.05) is 13.8 Å². The third-order valence-corrected chi connectivity index (χ3v) is 10.8. The summed E-state index contributed by atoms with van der Waals surface area (Å²) >= 11 is 15.6. The second-order valence-electron chi connectivity index (χ2n) is 11.8. The van der Waals surface area contributed by atoms with E-state index in [0.717, 1.165) is 17.7 Å². The molecule has 51 heavy (non-hydrogen) atoms. The van der Waals surface area contributed by atoms with Gasteiger partial charge in [-0.25, -0.2) is 17.9 Å². The van der Waals surface area contributed by atoms with E-state index in [1.54, 1.807) is 66.4 Å². The number of nitrogens with zero attached hydrogens (tertiary/aromatic N) is 3. The Hall–Kier alpha value is -3.24. The minimum absolute atomic E-state index is 0.0921. The summed E-state index contributed by atoms with van der Waals surface area (Å²) in [5.41, 5.74) is 0.850. The molecule has 276 valence electrons. The highest BCUT2D eigenvalue weighted by atomic mass is 79.9. The fourth-order valence-electron chi connectivity index (χ4n) is 5.53. The number of rotatable bonds is 18. The predicted octanol–water partition coefficient (Wildman–Crippen LogP) is 6.39. The van der Waals surface area contributed by atoms with Gasteiger partial charge < -0.3 is 19.5 Å². The van der Waals surface area contributed by atoms with Crippen molar-refractivity contribution < 1.29 is 37.4 Å². The van der Waals surface area contributed by atoms with E-state index in [2.05, 4.69) is 20.7 Å². The first-order valence-corrected chi connectivity index (χ1v) is 19.4. The molecule has 1 aliphatic carbocycles. The van der Waals surface area contributed by atoms with Gasteiger partial charge in [0.05, 0.1) is 11.6 Å². The Balaban J connectivity index is 1.77. The third-order valence-electron chi connectivity index (χ3n) is 8.16. The number of hydrogen-bond donors (Lipinski definition) is 2. The van der Waals surface area contributed by atoms with Crippen molar-refractivity contribution in [2.45, 2.75) is 69.5 Å². The molecule has 3 aromatic rings. The van der Waals surface area contributed by atoms with Gasteiger partial charge in [-0.2, -0.15) is 0 Å². The highest BCUT2D eigenvalue weighted by molar-refractivity contribution is 9.10. The quantitative estimate of drug-likeness (QED) is 0.140. The Bertz CT molecular complexity index is 1760. The first-order chi connectivity index (χ1) is 24.3. The molecule has 2 N–H and O–H groups in total. The molecule has 2 unspecified atom stereocenters. The molecule has 3 amide bonds. The first kappa shape index (κ1) is 40.5. The maximum absolute atomic E-state index is 14.9. The molecule has 3 aromatic carbocycles. The molecule has 2 atom stereocenters. The summed E-state index contributed by atoms with van der Waals surface area (Å²) in [6, 6.07) is 16.1. The van der Waals surface area contributed by atoms with Gasteiger partial charge in [0.15, 0.2) is 6.29 Å². The monoisotopic (exact) mass is 826 g/mol. The summed E-state index contributed by atoms with van der Waals surface area (Å²) in [6.45, 7) is 5.11. The summed E-state index contributed by atoms with van der Waals surface area (Å²) in [4.78, 5) is 45.6. The van der Waals surface area contributed by atoms with Crippen LogP contribution in [-0.2, 0) is 35.6 Å². The van der Waals surface area contributed by atoms with E-state index in [0.29, 0.717) is 28.9 Å². The summed E-state index contributed by atoms with van der Waals surface area (Å²) in [5, 5.41) is 10.6. The second kappa shape index (κ2) is 18.5. The number of halogens is 3. The van der Waals surface area contributed by atoms with Crippen molar-refractivity contribution in [3.05, 3.63) is 92.9 Å². The van der Waals surface area contributed by atoms with Gasteiger partial charge in [-0.1, -0.05) is 69.5 Å². The first-order valence-electron chi connectivity index (χ1n) is 16.4. The number of sulfonamides is 1. The third kappa shape index (κ3) is 10.9. The van der Waals surface area contributed by atoms with E-state index in [-0.39, 0.29) is 34.1 Å². The molecule has 0 saturated heterocycles. The van der Waals surface area contributed by atoms with Crippen LogP contribution in [0.1, 0.15) is 39.2 Å². The van der Waals surface area contributed by atoms with Crippen LogP contribution in [-0.4, -0.2) is 92.0 Å². The maximum Gasteiger partial charge on any atom is 0.408 e. The molecule has 0 aliphatic heterocycles. The summed E-state index contributed by atoms with van der Waals surface area (Å²) in [6.07, 6.45) is -0.649. The molecule has 0 aromatic heterocycles. The largest absolute Gasteiger partial charge is 0.465 e. The normalized spacial score (nSPS) is 14.2. The lowest BCUT2D eigenvalue weighted by molar-refractivity contribution is -0.160.